The van der Waals surface area contributed by atoms with E-state index in [0.717, 1.165) is 11.4 Å². The monoisotopic (exact) mass is 410 g/mol. The van der Waals surface area contributed by atoms with Gasteiger partial charge in [-0.05, 0) is 63.5 Å². The minimum absolute atomic E-state index is 0.533. The van der Waals surface area contributed by atoms with E-state index in [0.29, 0.717) is 5.41 Å². The Morgan fingerprint density at radius 1 is 0.897 bits per heavy atom. The number of anilines is 2. The second kappa shape index (κ2) is 26.5. The topological polar surface area (TPSA) is 76.1 Å². The van der Waals surface area contributed by atoms with Crippen LogP contribution < -0.4 is 22.1 Å². The van der Waals surface area contributed by atoms with E-state index >= 15 is 0 Å². The van der Waals surface area contributed by atoms with E-state index in [9.17, 15) is 0 Å². The molecule has 0 saturated heterocycles. The average molecular weight is 411 g/mol. The third-order valence-corrected chi connectivity index (χ3v) is 3.83. The van der Waals surface area contributed by atoms with Crippen LogP contribution in [-0.2, 0) is 0 Å². The molecule has 0 aliphatic carbocycles. The van der Waals surface area contributed by atoms with E-state index in [4.69, 9.17) is 5.73 Å². The Morgan fingerprint density at radius 2 is 1.38 bits per heavy atom. The fourth-order valence-corrected chi connectivity index (χ4v) is 2.40. The number of benzene rings is 1. The first-order chi connectivity index (χ1) is 13.8. The van der Waals surface area contributed by atoms with Gasteiger partial charge in [-0.1, -0.05) is 66.4 Å². The number of nitrogens with two attached hydrogens (primary N) is 2. The van der Waals surface area contributed by atoms with Gasteiger partial charge in [0, 0.05) is 7.05 Å². The summed E-state index contributed by atoms with van der Waals surface area (Å²) < 4.78 is 0. The maximum absolute atomic E-state index is 5.67. The largest absolute Gasteiger partial charge is 0.397 e. The molecule has 0 heterocycles. The number of hydrogen-bond acceptors (Lipinski definition) is 4. The summed E-state index contributed by atoms with van der Waals surface area (Å²) in [6.07, 6.45) is 8.35. The number of nitrogen functional groups attached to an aromatic ring is 1. The summed E-state index contributed by atoms with van der Waals surface area (Å²) in [6.45, 7) is 20.2. The molecule has 0 radical (unpaired) electrons. The van der Waals surface area contributed by atoms with Gasteiger partial charge in [0.25, 0.3) is 0 Å². The number of hydrogen-bond donors (Lipinski definition) is 4. The lowest BCUT2D eigenvalue weighted by Gasteiger charge is -2.17. The molecule has 0 aromatic heterocycles. The Labute approximate surface area is 183 Å². The second-order valence-corrected chi connectivity index (χ2v) is 7.52. The molecule has 0 amide bonds. The van der Waals surface area contributed by atoms with Crippen molar-refractivity contribution in [2.24, 2.45) is 11.1 Å². The fourth-order valence-electron chi connectivity index (χ4n) is 2.40. The fraction of sp³-hybridized carbons (Fsp3) is 0.680. The lowest BCUT2D eigenvalue weighted by atomic mass is 9.89. The molecule has 1 aromatic rings. The Kier molecular flexibility index (Phi) is 31.9. The van der Waals surface area contributed by atoms with E-state index in [2.05, 4.69) is 50.3 Å². The van der Waals surface area contributed by atoms with Crippen LogP contribution in [0.4, 0.5) is 11.4 Å². The van der Waals surface area contributed by atoms with Crippen LogP contribution in [0, 0.1) is 12.3 Å². The summed E-state index contributed by atoms with van der Waals surface area (Å²) in [5.41, 5.74) is 13.7. The van der Waals surface area contributed by atoms with E-state index < -0.39 is 0 Å². The van der Waals surface area contributed by atoms with Crippen molar-refractivity contribution in [2.45, 2.75) is 80.1 Å². The minimum Gasteiger partial charge on any atom is -0.397 e. The first kappa shape index (κ1) is 35.0. The zero-order valence-corrected chi connectivity index (χ0v) is 21.3. The van der Waals surface area contributed by atoms with Crippen molar-refractivity contribution in [2.75, 3.05) is 38.7 Å². The number of aryl methyl sites for hydroxylation is 1. The van der Waals surface area contributed by atoms with Crippen LogP contribution in [0.3, 0.4) is 0 Å². The lowest BCUT2D eigenvalue weighted by Crippen LogP contribution is -2.07. The Balaban J connectivity index is -0.000000173. The van der Waals surface area contributed by atoms with Crippen LogP contribution in [0.15, 0.2) is 31.4 Å². The molecule has 0 spiro atoms. The standard InChI is InChI=1S/C12H27N.C8H12N2.C2H6.C2H4.CH5N/c1-12(2,3)10-8-6-5-7-9-11-13-4;1-6-3-4-8(10-2)7(9)5-6;3*1-2/h13H,5-11H2,1-4H3;3-5,10H,9H2,1-2H3;1-2H3;1-2H2;2H2,1H3. The Bertz CT molecular complexity index is 425. The molecule has 0 bridgehead atoms. The summed E-state index contributed by atoms with van der Waals surface area (Å²) in [6, 6.07) is 5.96. The van der Waals surface area contributed by atoms with Crippen LogP contribution >= 0.6 is 0 Å². The minimum atomic E-state index is 0.533. The predicted molar refractivity (Wildman–Crippen MR) is 139 cm³/mol. The zero-order chi connectivity index (χ0) is 23.7. The maximum atomic E-state index is 5.67. The quantitative estimate of drug-likeness (QED) is 0.221. The zero-order valence-electron chi connectivity index (χ0n) is 21.3. The van der Waals surface area contributed by atoms with E-state index in [1.165, 1.54) is 57.7 Å². The lowest BCUT2D eigenvalue weighted by molar-refractivity contribution is 0.356. The van der Waals surface area contributed by atoms with E-state index in [-0.39, 0.29) is 0 Å². The van der Waals surface area contributed by atoms with Gasteiger partial charge in [0.15, 0.2) is 0 Å². The molecule has 0 unspecified atom stereocenters. The Morgan fingerprint density at radius 3 is 1.79 bits per heavy atom. The highest BCUT2D eigenvalue weighted by atomic mass is 14.8. The summed E-state index contributed by atoms with van der Waals surface area (Å²) in [5, 5.41) is 6.18. The van der Waals surface area contributed by atoms with E-state index in [1.54, 1.807) is 0 Å². The molecule has 174 valence electrons. The molecule has 4 heteroatoms. The van der Waals surface area contributed by atoms with Crippen molar-refractivity contribution in [1.82, 2.24) is 5.32 Å². The molecule has 1 aromatic carbocycles. The maximum Gasteiger partial charge on any atom is 0.0571 e. The molecule has 0 atom stereocenters. The molecule has 29 heavy (non-hydrogen) atoms. The highest BCUT2D eigenvalue weighted by Crippen LogP contribution is 2.22. The molecule has 6 N–H and O–H groups in total. The number of nitrogens with one attached hydrogen (secondary N) is 2. The predicted octanol–water partition coefficient (Wildman–Crippen LogP) is 6.61. The van der Waals surface area contributed by atoms with Gasteiger partial charge >= 0.3 is 0 Å². The summed E-state index contributed by atoms with van der Waals surface area (Å²) in [4.78, 5) is 0. The van der Waals surface area contributed by atoms with Crippen LogP contribution in [-0.4, -0.2) is 27.7 Å². The van der Waals surface area contributed by atoms with Crippen LogP contribution in [0.2, 0.25) is 0 Å². The van der Waals surface area contributed by atoms with Gasteiger partial charge in [0.2, 0.25) is 0 Å². The summed E-state index contributed by atoms with van der Waals surface area (Å²) in [5.74, 6) is 0. The molecule has 0 aliphatic rings. The molecule has 0 saturated carbocycles. The molecular weight excluding hydrogens is 356 g/mol. The normalized spacial score (nSPS) is 9.17. The van der Waals surface area contributed by atoms with Crippen LogP contribution in [0.25, 0.3) is 0 Å². The number of unbranched alkanes of at least 4 members (excludes halogenated alkanes) is 4. The highest BCUT2D eigenvalue weighted by molar-refractivity contribution is 5.66. The van der Waals surface area contributed by atoms with Crippen LogP contribution in [0.5, 0.6) is 0 Å². The Hall–Kier alpha value is -1.52. The molecule has 0 fully saturated rings. The van der Waals surface area contributed by atoms with Crippen LogP contribution in [0.1, 0.15) is 78.7 Å². The molecule has 1 rings (SSSR count). The van der Waals surface area contributed by atoms with E-state index in [1.807, 2.05) is 53.1 Å². The molecule has 0 aliphatic heterocycles. The van der Waals surface area contributed by atoms with Gasteiger partial charge in [-0.3, -0.25) is 0 Å². The number of rotatable bonds is 8. The van der Waals surface area contributed by atoms with Crippen molar-refractivity contribution < 1.29 is 0 Å². The third-order valence-electron chi connectivity index (χ3n) is 3.83. The van der Waals surface area contributed by atoms with Gasteiger partial charge < -0.3 is 22.1 Å². The van der Waals surface area contributed by atoms with Crippen molar-refractivity contribution in [3.63, 3.8) is 0 Å². The third kappa shape index (κ3) is 28.8. The van der Waals surface area contributed by atoms with Gasteiger partial charge in [0.1, 0.15) is 0 Å². The van der Waals surface area contributed by atoms with Crippen molar-refractivity contribution >= 4 is 11.4 Å². The SMILES string of the molecule is C=C.CC.CN.CNCCCCCCCC(C)(C)C.CNc1ccc(C)cc1N. The van der Waals surface area contributed by atoms with Gasteiger partial charge in [0.05, 0.1) is 11.4 Å². The first-order valence-electron chi connectivity index (χ1n) is 11.1. The first-order valence-corrected chi connectivity index (χ1v) is 11.1. The van der Waals surface area contributed by atoms with Crippen molar-refractivity contribution in [1.29, 1.82) is 0 Å². The van der Waals surface area contributed by atoms with Gasteiger partial charge in [-0.2, -0.15) is 0 Å². The van der Waals surface area contributed by atoms with Gasteiger partial charge in [-0.15, -0.1) is 13.2 Å². The van der Waals surface area contributed by atoms with Crippen molar-refractivity contribution in [3.8, 4) is 0 Å². The van der Waals surface area contributed by atoms with Gasteiger partial charge in [-0.25, -0.2) is 0 Å². The second-order valence-electron chi connectivity index (χ2n) is 7.52. The smallest absolute Gasteiger partial charge is 0.0571 e. The molecule has 4 nitrogen and oxygen atoms in total. The highest BCUT2D eigenvalue weighted by Gasteiger charge is 2.08. The summed E-state index contributed by atoms with van der Waals surface area (Å²) in [7, 11) is 5.39. The summed E-state index contributed by atoms with van der Waals surface area (Å²) >= 11 is 0. The van der Waals surface area contributed by atoms with Crippen molar-refractivity contribution in [3.05, 3.63) is 36.9 Å². The molecular formula is C25H54N4. The average Bonchev–Trinajstić information content (AvgIpc) is 2.72.